The molecule has 0 saturated carbocycles. The van der Waals surface area contributed by atoms with Crippen LogP contribution in [0.2, 0.25) is 0 Å². The van der Waals surface area contributed by atoms with Gasteiger partial charge in [0.1, 0.15) is 0 Å². The summed E-state index contributed by atoms with van der Waals surface area (Å²) >= 11 is 0. The molecule has 0 bridgehead atoms. The van der Waals surface area contributed by atoms with Crippen molar-refractivity contribution in [2.45, 2.75) is 48.0 Å². The van der Waals surface area contributed by atoms with Gasteiger partial charge in [-0.05, 0) is 12.3 Å². The van der Waals surface area contributed by atoms with Crippen LogP contribution in [-0.4, -0.2) is 29.7 Å². The summed E-state index contributed by atoms with van der Waals surface area (Å²) in [5.74, 6) is 0.729. The lowest BCUT2D eigenvalue weighted by Gasteiger charge is -2.25. The summed E-state index contributed by atoms with van der Waals surface area (Å²) in [6.45, 7) is 12.7. The molecule has 0 aromatic rings. The van der Waals surface area contributed by atoms with E-state index in [1.165, 1.54) is 0 Å². The summed E-state index contributed by atoms with van der Waals surface area (Å²) in [6, 6.07) is 0. The lowest BCUT2D eigenvalue weighted by atomic mass is 10.1. The van der Waals surface area contributed by atoms with Gasteiger partial charge in [0.25, 0.3) is 0 Å². The standard InChI is InChI=1S/C14H27NO2/c1-10(2)7-8-15(14(17)12(5)6)9-13(16)11(3)4/h10-12H,7-9H2,1-6H3. The first-order chi connectivity index (χ1) is 7.75. The maximum Gasteiger partial charge on any atom is 0.225 e. The van der Waals surface area contributed by atoms with Crippen LogP contribution in [0, 0.1) is 17.8 Å². The van der Waals surface area contributed by atoms with Crippen molar-refractivity contribution in [2.75, 3.05) is 13.1 Å². The normalized spacial score (nSPS) is 11.4. The number of amides is 1. The Morgan fingerprint density at radius 3 is 1.82 bits per heavy atom. The number of ketones is 1. The Morgan fingerprint density at radius 1 is 0.941 bits per heavy atom. The van der Waals surface area contributed by atoms with E-state index in [2.05, 4.69) is 13.8 Å². The van der Waals surface area contributed by atoms with Gasteiger partial charge in [0.2, 0.25) is 5.91 Å². The van der Waals surface area contributed by atoms with Crippen LogP contribution in [0.3, 0.4) is 0 Å². The minimum absolute atomic E-state index is 0.00323. The molecule has 0 aromatic heterocycles. The molecule has 0 aliphatic carbocycles. The van der Waals surface area contributed by atoms with Gasteiger partial charge in [0.05, 0.1) is 6.54 Å². The van der Waals surface area contributed by atoms with E-state index in [9.17, 15) is 9.59 Å². The monoisotopic (exact) mass is 241 g/mol. The second-order valence-corrected chi connectivity index (χ2v) is 5.72. The van der Waals surface area contributed by atoms with Crippen molar-refractivity contribution in [3.8, 4) is 0 Å². The van der Waals surface area contributed by atoms with Gasteiger partial charge in [-0.2, -0.15) is 0 Å². The van der Waals surface area contributed by atoms with Crippen molar-refractivity contribution in [3.63, 3.8) is 0 Å². The van der Waals surface area contributed by atoms with Crippen molar-refractivity contribution in [1.29, 1.82) is 0 Å². The molecule has 0 atom stereocenters. The predicted octanol–water partition coefficient (Wildman–Crippen LogP) is 2.74. The van der Waals surface area contributed by atoms with E-state index in [0.717, 1.165) is 6.42 Å². The molecular weight excluding hydrogens is 214 g/mol. The van der Waals surface area contributed by atoms with E-state index in [0.29, 0.717) is 12.5 Å². The van der Waals surface area contributed by atoms with Crippen LogP contribution >= 0.6 is 0 Å². The lowest BCUT2D eigenvalue weighted by Crippen LogP contribution is -2.40. The SMILES string of the molecule is CC(C)CCN(CC(=O)C(C)C)C(=O)C(C)C. The van der Waals surface area contributed by atoms with Gasteiger partial charge in [-0.1, -0.05) is 41.5 Å². The Hall–Kier alpha value is -0.860. The lowest BCUT2D eigenvalue weighted by molar-refractivity contribution is -0.138. The van der Waals surface area contributed by atoms with Gasteiger partial charge >= 0.3 is 0 Å². The summed E-state index contributed by atoms with van der Waals surface area (Å²) in [7, 11) is 0. The zero-order chi connectivity index (χ0) is 13.6. The first kappa shape index (κ1) is 16.1. The molecule has 0 N–H and O–H groups in total. The maximum atomic E-state index is 12.0. The Kier molecular flexibility index (Phi) is 7.09. The summed E-state index contributed by atoms with van der Waals surface area (Å²) in [5, 5.41) is 0. The molecule has 3 nitrogen and oxygen atoms in total. The van der Waals surface area contributed by atoms with Crippen LogP contribution in [0.15, 0.2) is 0 Å². The fourth-order valence-corrected chi connectivity index (χ4v) is 1.42. The average Bonchev–Trinajstić information content (AvgIpc) is 2.22. The summed E-state index contributed by atoms with van der Waals surface area (Å²) in [4.78, 5) is 25.4. The molecule has 0 aromatic carbocycles. The van der Waals surface area contributed by atoms with Crippen LogP contribution in [0.4, 0.5) is 0 Å². The number of Topliss-reactive ketones (excluding diaryl/α,β-unsaturated/α-hetero) is 1. The number of nitrogens with zero attached hydrogens (tertiary/aromatic N) is 1. The van der Waals surface area contributed by atoms with Crippen LogP contribution < -0.4 is 0 Å². The second-order valence-electron chi connectivity index (χ2n) is 5.72. The topological polar surface area (TPSA) is 37.4 Å². The molecule has 100 valence electrons. The zero-order valence-corrected chi connectivity index (χ0v) is 12.1. The Morgan fingerprint density at radius 2 is 1.47 bits per heavy atom. The fourth-order valence-electron chi connectivity index (χ4n) is 1.42. The van der Waals surface area contributed by atoms with E-state index in [1.807, 2.05) is 27.7 Å². The number of rotatable bonds is 7. The fraction of sp³-hybridized carbons (Fsp3) is 0.857. The molecule has 1 amide bonds. The highest BCUT2D eigenvalue weighted by Gasteiger charge is 2.21. The summed E-state index contributed by atoms with van der Waals surface area (Å²) < 4.78 is 0. The molecule has 0 heterocycles. The summed E-state index contributed by atoms with van der Waals surface area (Å²) in [6.07, 6.45) is 0.948. The highest BCUT2D eigenvalue weighted by atomic mass is 16.2. The van der Waals surface area contributed by atoms with E-state index in [4.69, 9.17) is 0 Å². The highest BCUT2D eigenvalue weighted by molar-refractivity contribution is 5.87. The number of carbonyl (C=O) groups is 2. The third kappa shape index (κ3) is 6.44. The minimum atomic E-state index is -0.0397. The van der Waals surface area contributed by atoms with Gasteiger partial charge < -0.3 is 4.90 Å². The van der Waals surface area contributed by atoms with Crippen molar-refractivity contribution in [2.24, 2.45) is 17.8 Å². The van der Waals surface area contributed by atoms with Crippen LogP contribution in [0.1, 0.15) is 48.0 Å². The van der Waals surface area contributed by atoms with Crippen molar-refractivity contribution < 1.29 is 9.59 Å². The smallest absolute Gasteiger partial charge is 0.225 e. The van der Waals surface area contributed by atoms with Crippen molar-refractivity contribution in [3.05, 3.63) is 0 Å². The van der Waals surface area contributed by atoms with Crippen LogP contribution in [0.25, 0.3) is 0 Å². The van der Waals surface area contributed by atoms with Gasteiger partial charge in [0.15, 0.2) is 5.78 Å². The molecule has 3 heteroatoms. The Balaban J connectivity index is 4.50. The second kappa shape index (κ2) is 7.46. The van der Waals surface area contributed by atoms with Gasteiger partial charge in [-0.3, -0.25) is 9.59 Å². The molecule has 0 aliphatic rings. The highest BCUT2D eigenvalue weighted by Crippen LogP contribution is 2.08. The molecule has 0 rings (SSSR count). The van der Waals surface area contributed by atoms with Crippen molar-refractivity contribution >= 4 is 11.7 Å². The third-order valence-corrected chi connectivity index (χ3v) is 2.77. The minimum Gasteiger partial charge on any atom is -0.335 e. The zero-order valence-electron chi connectivity index (χ0n) is 12.1. The Labute approximate surface area is 106 Å². The van der Waals surface area contributed by atoms with E-state index < -0.39 is 0 Å². The Bertz CT molecular complexity index is 257. The largest absolute Gasteiger partial charge is 0.335 e. The molecule has 0 fully saturated rings. The molecule has 0 unspecified atom stereocenters. The molecule has 0 saturated heterocycles. The third-order valence-electron chi connectivity index (χ3n) is 2.77. The van der Waals surface area contributed by atoms with E-state index in [1.54, 1.807) is 4.90 Å². The van der Waals surface area contributed by atoms with Gasteiger partial charge in [0, 0.05) is 18.4 Å². The van der Waals surface area contributed by atoms with Crippen LogP contribution in [-0.2, 0) is 9.59 Å². The van der Waals surface area contributed by atoms with Crippen molar-refractivity contribution in [1.82, 2.24) is 4.90 Å². The van der Waals surface area contributed by atoms with Crippen LogP contribution in [0.5, 0.6) is 0 Å². The maximum absolute atomic E-state index is 12.0. The molecular formula is C14H27NO2. The summed E-state index contributed by atoms with van der Waals surface area (Å²) in [5.41, 5.74) is 0. The van der Waals surface area contributed by atoms with Gasteiger partial charge in [-0.25, -0.2) is 0 Å². The number of hydrogen-bond donors (Lipinski definition) is 0. The first-order valence-corrected chi connectivity index (χ1v) is 6.57. The van der Waals surface area contributed by atoms with E-state index in [-0.39, 0.29) is 30.1 Å². The quantitative estimate of drug-likeness (QED) is 0.687. The number of carbonyl (C=O) groups excluding carboxylic acids is 2. The van der Waals surface area contributed by atoms with E-state index >= 15 is 0 Å². The number of hydrogen-bond acceptors (Lipinski definition) is 2. The molecule has 0 spiro atoms. The molecule has 0 radical (unpaired) electrons. The average molecular weight is 241 g/mol. The molecule has 17 heavy (non-hydrogen) atoms. The molecule has 0 aliphatic heterocycles. The predicted molar refractivity (Wildman–Crippen MR) is 70.7 cm³/mol. The first-order valence-electron chi connectivity index (χ1n) is 6.57. The van der Waals surface area contributed by atoms with Gasteiger partial charge in [-0.15, -0.1) is 0 Å².